The first-order valence-electron chi connectivity index (χ1n) is 7.75. The van der Waals surface area contributed by atoms with Crippen molar-refractivity contribution in [1.82, 2.24) is 10.2 Å². The largest absolute Gasteiger partial charge is 0.435 e. The van der Waals surface area contributed by atoms with Crippen molar-refractivity contribution in [3.63, 3.8) is 0 Å². The highest BCUT2D eigenvalue weighted by Gasteiger charge is 2.09. The van der Waals surface area contributed by atoms with Crippen molar-refractivity contribution in [2.75, 3.05) is 19.4 Å². The summed E-state index contributed by atoms with van der Waals surface area (Å²) in [4.78, 5) is 25.3. The molecule has 0 saturated heterocycles. The summed E-state index contributed by atoms with van der Waals surface area (Å²) in [6, 6.07) is 12.1. The quantitative estimate of drug-likeness (QED) is 0.827. The van der Waals surface area contributed by atoms with Crippen molar-refractivity contribution in [1.29, 1.82) is 0 Å². The number of anilines is 1. The van der Waals surface area contributed by atoms with Gasteiger partial charge in [-0.2, -0.15) is 8.78 Å². The molecule has 3 amide bonds. The van der Waals surface area contributed by atoms with E-state index in [9.17, 15) is 18.4 Å². The zero-order valence-corrected chi connectivity index (χ0v) is 14.3. The van der Waals surface area contributed by atoms with Crippen LogP contribution in [0.1, 0.15) is 15.9 Å². The van der Waals surface area contributed by atoms with Gasteiger partial charge in [-0.25, -0.2) is 4.79 Å². The number of rotatable bonds is 6. The lowest BCUT2D eigenvalue weighted by Crippen LogP contribution is -2.28. The van der Waals surface area contributed by atoms with Gasteiger partial charge < -0.3 is 20.3 Å². The van der Waals surface area contributed by atoms with Crippen LogP contribution in [0, 0.1) is 0 Å². The lowest BCUT2D eigenvalue weighted by Gasteiger charge is -2.12. The van der Waals surface area contributed by atoms with Gasteiger partial charge in [-0.05, 0) is 35.9 Å². The molecule has 2 aromatic carbocycles. The molecule has 138 valence electrons. The van der Waals surface area contributed by atoms with Gasteiger partial charge in [0.05, 0.1) is 0 Å². The van der Waals surface area contributed by atoms with E-state index in [4.69, 9.17) is 0 Å². The minimum atomic E-state index is -2.88. The van der Waals surface area contributed by atoms with Crippen molar-refractivity contribution < 1.29 is 23.1 Å². The number of hydrogen-bond donors (Lipinski definition) is 2. The Morgan fingerprint density at radius 1 is 1.12 bits per heavy atom. The van der Waals surface area contributed by atoms with Crippen LogP contribution in [-0.4, -0.2) is 37.5 Å². The molecule has 0 radical (unpaired) electrons. The van der Waals surface area contributed by atoms with Gasteiger partial charge in [0.15, 0.2) is 0 Å². The second-order valence-corrected chi connectivity index (χ2v) is 5.61. The van der Waals surface area contributed by atoms with Crippen LogP contribution in [0.15, 0.2) is 48.5 Å². The Hall–Kier alpha value is -3.16. The maximum atomic E-state index is 12.1. The SMILES string of the molecule is CN(C)C(=O)c1cccc(NC(=O)NCc2ccc(OC(F)F)cc2)c1. The summed E-state index contributed by atoms with van der Waals surface area (Å²) in [5.41, 5.74) is 1.66. The van der Waals surface area contributed by atoms with Gasteiger partial charge >= 0.3 is 12.6 Å². The Morgan fingerprint density at radius 2 is 1.81 bits per heavy atom. The monoisotopic (exact) mass is 363 g/mol. The maximum Gasteiger partial charge on any atom is 0.387 e. The van der Waals surface area contributed by atoms with Gasteiger partial charge in [-0.3, -0.25) is 4.79 Å². The number of urea groups is 1. The zero-order valence-electron chi connectivity index (χ0n) is 14.3. The highest BCUT2D eigenvalue weighted by atomic mass is 19.3. The minimum Gasteiger partial charge on any atom is -0.435 e. The highest BCUT2D eigenvalue weighted by molar-refractivity contribution is 5.96. The number of halogens is 2. The summed E-state index contributed by atoms with van der Waals surface area (Å²) in [6.07, 6.45) is 0. The number of ether oxygens (including phenoxy) is 1. The Labute approximate surface area is 149 Å². The number of nitrogens with zero attached hydrogens (tertiary/aromatic N) is 1. The maximum absolute atomic E-state index is 12.1. The van der Waals surface area contributed by atoms with Crippen LogP contribution >= 0.6 is 0 Å². The lowest BCUT2D eigenvalue weighted by atomic mass is 10.2. The molecule has 26 heavy (non-hydrogen) atoms. The summed E-state index contributed by atoms with van der Waals surface area (Å²) in [5.74, 6) is -0.115. The molecule has 0 aromatic heterocycles. The molecule has 0 aliphatic heterocycles. The summed E-state index contributed by atoms with van der Waals surface area (Å²) in [6.45, 7) is -2.67. The number of alkyl halides is 2. The average Bonchev–Trinajstić information content (AvgIpc) is 2.60. The molecule has 0 heterocycles. The Morgan fingerprint density at radius 3 is 2.42 bits per heavy atom. The van der Waals surface area contributed by atoms with Crippen LogP contribution in [0.5, 0.6) is 5.75 Å². The van der Waals surface area contributed by atoms with E-state index < -0.39 is 12.6 Å². The van der Waals surface area contributed by atoms with Gasteiger partial charge in [-0.1, -0.05) is 18.2 Å². The molecule has 0 spiro atoms. The van der Waals surface area contributed by atoms with Crippen LogP contribution in [-0.2, 0) is 6.54 Å². The summed E-state index contributed by atoms with van der Waals surface area (Å²) < 4.78 is 28.4. The van der Waals surface area contributed by atoms with Crippen LogP contribution < -0.4 is 15.4 Å². The summed E-state index contributed by atoms with van der Waals surface area (Å²) in [5, 5.41) is 5.28. The summed E-state index contributed by atoms with van der Waals surface area (Å²) in [7, 11) is 3.29. The number of hydrogen-bond acceptors (Lipinski definition) is 3. The summed E-state index contributed by atoms with van der Waals surface area (Å²) >= 11 is 0. The van der Waals surface area contributed by atoms with E-state index in [1.54, 1.807) is 50.5 Å². The first kappa shape index (κ1) is 19.2. The second-order valence-electron chi connectivity index (χ2n) is 5.61. The van der Waals surface area contributed by atoms with E-state index in [0.29, 0.717) is 11.3 Å². The molecule has 2 rings (SSSR count). The predicted octanol–water partition coefficient (Wildman–Crippen LogP) is 3.31. The Kier molecular flexibility index (Phi) is 6.48. The first-order valence-corrected chi connectivity index (χ1v) is 7.75. The Balaban J connectivity index is 1.89. The van der Waals surface area contributed by atoms with Crippen molar-refractivity contribution in [3.05, 3.63) is 59.7 Å². The van der Waals surface area contributed by atoms with Crippen LogP contribution in [0.4, 0.5) is 19.3 Å². The van der Waals surface area contributed by atoms with Crippen molar-refractivity contribution in [2.45, 2.75) is 13.2 Å². The number of amides is 3. The first-order chi connectivity index (χ1) is 12.3. The smallest absolute Gasteiger partial charge is 0.387 e. The molecule has 6 nitrogen and oxygen atoms in total. The van der Waals surface area contributed by atoms with Gasteiger partial charge in [0.25, 0.3) is 5.91 Å². The third-order valence-corrected chi connectivity index (χ3v) is 3.38. The fourth-order valence-electron chi connectivity index (χ4n) is 2.13. The van der Waals surface area contributed by atoms with E-state index in [0.717, 1.165) is 5.56 Å². The van der Waals surface area contributed by atoms with E-state index in [2.05, 4.69) is 15.4 Å². The van der Waals surface area contributed by atoms with E-state index >= 15 is 0 Å². The molecule has 0 unspecified atom stereocenters. The van der Waals surface area contributed by atoms with E-state index in [1.165, 1.54) is 17.0 Å². The van der Waals surface area contributed by atoms with Crippen LogP contribution in [0.2, 0.25) is 0 Å². The average molecular weight is 363 g/mol. The molecule has 8 heteroatoms. The standard InChI is InChI=1S/C18H19F2N3O3/c1-23(2)16(24)13-4-3-5-14(10-13)22-18(25)21-11-12-6-8-15(9-7-12)26-17(19)20/h3-10,17H,11H2,1-2H3,(H2,21,22,25). The molecule has 0 saturated carbocycles. The third-order valence-electron chi connectivity index (χ3n) is 3.38. The number of benzene rings is 2. The molecule has 0 aliphatic rings. The molecule has 0 fully saturated rings. The fourth-order valence-corrected chi connectivity index (χ4v) is 2.13. The molecule has 0 atom stereocenters. The molecule has 0 bridgehead atoms. The molecular formula is C18H19F2N3O3. The number of nitrogens with one attached hydrogen (secondary N) is 2. The van der Waals surface area contributed by atoms with Gasteiger partial charge in [0.1, 0.15) is 5.75 Å². The normalized spacial score (nSPS) is 10.3. The van der Waals surface area contributed by atoms with Crippen LogP contribution in [0.3, 0.4) is 0 Å². The predicted molar refractivity (Wildman–Crippen MR) is 93.4 cm³/mol. The van der Waals surface area contributed by atoms with E-state index in [1.807, 2.05) is 0 Å². The van der Waals surface area contributed by atoms with Gasteiger partial charge in [-0.15, -0.1) is 0 Å². The number of carbonyl (C=O) groups excluding carboxylic acids is 2. The molecule has 0 aliphatic carbocycles. The molecular weight excluding hydrogens is 344 g/mol. The Bertz CT molecular complexity index is 765. The minimum absolute atomic E-state index is 0.0515. The fraction of sp³-hybridized carbons (Fsp3) is 0.222. The highest BCUT2D eigenvalue weighted by Crippen LogP contribution is 2.15. The third kappa shape index (κ3) is 5.73. The zero-order chi connectivity index (χ0) is 19.1. The second kappa shape index (κ2) is 8.80. The van der Waals surface area contributed by atoms with Gasteiger partial charge in [0.2, 0.25) is 0 Å². The van der Waals surface area contributed by atoms with Crippen molar-refractivity contribution in [3.8, 4) is 5.75 Å². The van der Waals surface area contributed by atoms with E-state index in [-0.39, 0.29) is 18.2 Å². The van der Waals surface area contributed by atoms with Crippen molar-refractivity contribution in [2.24, 2.45) is 0 Å². The lowest BCUT2D eigenvalue weighted by molar-refractivity contribution is -0.0498. The molecule has 2 aromatic rings. The topological polar surface area (TPSA) is 70.7 Å². The van der Waals surface area contributed by atoms with Crippen molar-refractivity contribution >= 4 is 17.6 Å². The van der Waals surface area contributed by atoms with Gasteiger partial charge in [0, 0.05) is 31.9 Å². The van der Waals surface area contributed by atoms with Crippen LogP contribution in [0.25, 0.3) is 0 Å². The molecule has 2 N–H and O–H groups in total. The number of carbonyl (C=O) groups is 2.